The van der Waals surface area contributed by atoms with Gasteiger partial charge in [-0.15, -0.1) is 0 Å². The predicted molar refractivity (Wildman–Crippen MR) is 81.5 cm³/mol. The van der Waals surface area contributed by atoms with Gasteiger partial charge in [0.25, 0.3) is 0 Å². The quantitative estimate of drug-likeness (QED) is 0.659. The number of nitrogens with two attached hydrogens (primary N) is 1. The van der Waals surface area contributed by atoms with E-state index in [1.165, 1.54) is 0 Å². The second-order valence-corrected chi connectivity index (χ2v) is 5.92. The van der Waals surface area contributed by atoms with E-state index >= 15 is 0 Å². The summed E-state index contributed by atoms with van der Waals surface area (Å²) in [4.78, 5) is 14.2. The molecule has 0 aromatic heterocycles. The molecule has 0 radical (unpaired) electrons. The van der Waals surface area contributed by atoms with E-state index in [1.54, 1.807) is 0 Å². The monoisotopic (exact) mass is 285 g/mol. The summed E-state index contributed by atoms with van der Waals surface area (Å²) in [5.41, 5.74) is 5.62. The third-order valence-electron chi connectivity index (χ3n) is 4.08. The summed E-state index contributed by atoms with van der Waals surface area (Å²) in [7, 11) is 0. The Morgan fingerprint density at radius 2 is 2.00 bits per heavy atom. The number of amides is 1. The minimum Gasteiger partial charge on any atom is -0.379 e. The van der Waals surface area contributed by atoms with Crippen LogP contribution in [0, 0.1) is 11.8 Å². The molecule has 20 heavy (non-hydrogen) atoms. The van der Waals surface area contributed by atoms with Crippen molar-refractivity contribution in [1.82, 2.24) is 10.2 Å². The van der Waals surface area contributed by atoms with Crippen LogP contribution in [0.1, 0.15) is 33.1 Å². The number of nitrogens with one attached hydrogen (secondary N) is 1. The van der Waals surface area contributed by atoms with Gasteiger partial charge in [0.15, 0.2) is 0 Å². The van der Waals surface area contributed by atoms with Crippen molar-refractivity contribution >= 4 is 5.91 Å². The number of ether oxygens (including phenoxy) is 1. The average molecular weight is 285 g/mol. The molecular formula is C15H31N3O2. The highest BCUT2D eigenvalue weighted by atomic mass is 16.5. The summed E-state index contributed by atoms with van der Waals surface area (Å²) >= 11 is 0. The Morgan fingerprint density at radius 3 is 2.60 bits per heavy atom. The summed E-state index contributed by atoms with van der Waals surface area (Å²) in [5, 5.41) is 3.01. The van der Waals surface area contributed by atoms with E-state index in [9.17, 15) is 4.79 Å². The normalized spacial score (nSPS) is 18.2. The molecular weight excluding hydrogens is 254 g/mol. The van der Waals surface area contributed by atoms with Crippen molar-refractivity contribution in [2.45, 2.75) is 33.1 Å². The molecule has 3 N–H and O–H groups in total. The van der Waals surface area contributed by atoms with Crippen LogP contribution in [-0.4, -0.2) is 56.7 Å². The summed E-state index contributed by atoms with van der Waals surface area (Å²) in [5.74, 6) is 1.32. The molecule has 0 aliphatic carbocycles. The van der Waals surface area contributed by atoms with Gasteiger partial charge in [-0.2, -0.15) is 0 Å². The molecule has 0 aromatic rings. The van der Waals surface area contributed by atoms with E-state index in [1.807, 2.05) is 0 Å². The minimum absolute atomic E-state index is 0.168. The van der Waals surface area contributed by atoms with Crippen LogP contribution < -0.4 is 11.1 Å². The molecule has 0 bridgehead atoms. The molecule has 1 rings (SSSR count). The van der Waals surface area contributed by atoms with Crippen molar-refractivity contribution in [3.05, 3.63) is 0 Å². The molecule has 1 saturated heterocycles. The first-order valence-corrected chi connectivity index (χ1v) is 7.90. The molecule has 5 heteroatoms. The van der Waals surface area contributed by atoms with Gasteiger partial charge in [-0.05, 0) is 31.2 Å². The van der Waals surface area contributed by atoms with Crippen LogP contribution in [0.4, 0.5) is 0 Å². The largest absolute Gasteiger partial charge is 0.379 e. The fraction of sp³-hybridized carbons (Fsp3) is 0.933. The fourth-order valence-electron chi connectivity index (χ4n) is 2.61. The van der Waals surface area contributed by atoms with Crippen molar-refractivity contribution in [3.8, 4) is 0 Å². The molecule has 0 spiro atoms. The zero-order valence-corrected chi connectivity index (χ0v) is 13.1. The standard InChI is InChI=1S/C15H31N3O2/c1-13(2)14(5-6-16)3-4-15(19)17-7-8-18-9-11-20-12-10-18/h13-14H,3-12,16H2,1-2H3,(H,17,19). The lowest BCUT2D eigenvalue weighted by atomic mass is 9.88. The van der Waals surface area contributed by atoms with Crippen LogP contribution in [-0.2, 0) is 9.53 Å². The number of carbonyl (C=O) groups is 1. The third-order valence-corrected chi connectivity index (χ3v) is 4.08. The first-order chi connectivity index (χ1) is 9.63. The Morgan fingerprint density at radius 1 is 1.30 bits per heavy atom. The van der Waals surface area contributed by atoms with Crippen LogP contribution >= 0.6 is 0 Å². The topological polar surface area (TPSA) is 67.6 Å². The summed E-state index contributed by atoms with van der Waals surface area (Å²) < 4.78 is 5.30. The zero-order valence-electron chi connectivity index (χ0n) is 13.1. The molecule has 1 heterocycles. The van der Waals surface area contributed by atoms with Crippen LogP contribution in [0.2, 0.25) is 0 Å². The van der Waals surface area contributed by atoms with Gasteiger partial charge in [0, 0.05) is 32.6 Å². The van der Waals surface area contributed by atoms with Crippen LogP contribution in [0.3, 0.4) is 0 Å². The van der Waals surface area contributed by atoms with E-state index in [0.29, 0.717) is 24.8 Å². The highest BCUT2D eigenvalue weighted by Crippen LogP contribution is 2.20. The summed E-state index contributed by atoms with van der Waals surface area (Å²) in [6.07, 6.45) is 2.57. The zero-order chi connectivity index (χ0) is 14.8. The highest BCUT2D eigenvalue weighted by molar-refractivity contribution is 5.75. The predicted octanol–water partition coefficient (Wildman–Crippen LogP) is 0.836. The third kappa shape index (κ3) is 7.22. The molecule has 0 aromatic carbocycles. The number of nitrogens with zero attached hydrogens (tertiary/aromatic N) is 1. The number of carbonyl (C=O) groups excluding carboxylic acids is 1. The summed E-state index contributed by atoms with van der Waals surface area (Å²) in [6.45, 7) is 10.3. The smallest absolute Gasteiger partial charge is 0.220 e. The van der Waals surface area contributed by atoms with Gasteiger partial charge in [-0.3, -0.25) is 9.69 Å². The van der Waals surface area contributed by atoms with Gasteiger partial charge in [0.05, 0.1) is 13.2 Å². The number of hydrogen-bond donors (Lipinski definition) is 2. The lowest BCUT2D eigenvalue weighted by molar-refractivity contribution is -0.121. The molecule has 1 fully saturated rings. The van der Waals surface area contributed by atoms with Crippen LogP contribution in [0.15, 0.2) is 0 Å². The maximum atomic E-state index is 11.8. The van der Waals surface area contributed by atoms with Crippen molar-refractivity contribution in [1.29, 1.82) is 0 Å². The molecule has 118 valence electrons. The Bertz CT molecular complexity index is 266. The first-order valence-electron chi connectivity index (χ1n) is 7.90. The van der Waals surface area contributed by atoms with E-state index in [2.05, 4.69) is 24.1 Å². The maximum Gasteiger partial charge on any atom is 0.220 e. The van der Waals surface area contributed by atoms with Gasteiger partial charge in [0.1, 0.15) is 0 Å². The lowest BCUT2D eigenvalue weighted by Gasteiger charge is -2.26. The number of hydrogen-bond acceptors (Lipinski definition) is 4. The highest BCUT2D eigenvalue weighted by Gasteiger charge is 2.15. The van der Waals surface area contributed by atoms with Gasteiger partial charge in [0.2, 0.25) is 5.91 Å². The second kappa shape index (κ2) is 10.1. The van der Waals surface area contributed by atoms with Crippen molar-refractivity contribution in [3.63, 3.8) is 0 Å². The summed E-state index contributed by atoms with van der Waals surface area (Å²) in [6, 6.07) is 0. The molecule has 1 atom stereocenters. The Labute approximate surface area is 123 Å². The molecule has 1 amide bonds. The Hall–Kier alpha value is -0.650. The minimum atomic E-state index is 0.168. The molecule has 1 aliphatic heterocycles. The molecule has 1 unspecified atom stereocenters. The van der Waals surface area contributed by atoms with E-state index in [4.69, 9.17) is 10.5 Å². The van der Waals surface area contributed by atoms with Crippen LogP contribution in [0.25, 0.3) is 0 Å². The lowest BCUT2D eigenvalue weighted by Crippen LogP contribution is -2.41. The van der Waals surface area contributed by atoms with Gasteiger partial charge in [-0.25, -0.2) is 0 Å². The van der Waals surface area contributed by atoms with Gasteiger partial charge >= 0.3 is 0 Å². The molecule has 5 nitrogen and oxygen atoms in total. The number of rotatable bonds is 9. The second-order valence-electron chi connectivity index (χ2n) is 5.92. The molecule has 1 aliphatic rings. The average Bonchev–Trinajstić information content (AvgIpc) is 2.44. The van der Waals surface area contributed by atoms with Crippen molar-refractivity contribution in [2.24, 2.45) is 17.6 Å². The SMILES string of the molecule is CC(C)C(CCN)CCC(=O)NCCN1CCOCC1. The van der Waals surface area contributed by atoms with E-state index in [-0.39, 0.29) is 5.91 Å². The van der Waals surface area contributed by atoms with Gasteiger partial charge < -0.3 is 15.8 Å². The molecule has 0 saturated carbocycles. The van der Waals surface area contributed by atoms with Gasteiger partial charge in [-0.1, -0.05) is 13.8 Å². The Kier molecular flexibility index (Phi) is 8.82. The van der Waals surface area contributed by atoms with Crippen molar-refractivity contribution in [2.75, 3.05) is 45.9 Å². The number of morpholine rings is 1. The fourth-order valence-corrected chi connectivity index (χ4v) is 2.61. The first kappa shape index (κ1) is 17.4. The van der Waals surface area contributed by atoms with Crippen molar-refractivity contribution < 1.29 is 9.53 Å². The van der Waals surface area contributed by atoms with E-state index in [0.717, 1.165) is 52.2 Å². The van der Waals surface area contributed by atoms with E-state index < -0.39 is 0 Å². The Balaban J connectivity index is 2.09. The maximum absolute atomic E-state index is 11.8. The van der Waals surface area contributed by atoms with Crippen LogP contribution in [0.5, 0.6) is 0 Å².